The van der Waals surface area contributed by atoms with Crippen LogP contribution in [0.25, 0.3) is 0 Å². The molecule has 0 amide bonds. The number of para-hydroxylation sites is 1. The minimum absolute atomic E-state index is 0.00501. The molecule has 0 bridgehead atoms. The van der Waals surface area contributed by atoms with Gasteiger partial charge in [-0.25, -0.2) is 0 Å². The Morgan fingerprint density at radius 2 is 1.48 bits per heavy atom. The van der Waals surface area contributed by atoms with E-state index in [-0.39, 0.29) is 13.2 Å². The van der Waals surface area contributed by atoms with Gasteiger partial charge in [0.1, 0.15) is 12.4 Å². The zero-order valence-corrected chi connectivity index (χ0v) is 12.7. The van der Waals surface area contributed by atoms with Crippen molar-refractivity contribution in [3.05, 3.63) is 30.3 Å². The van der Waals surface area contributed by atoms with Gasteiger partial charge in [-0.2, -0.15) is 0 Å². The molecule has 0 heterocycles. The summed E-state index contributed by atoms with van der Waals surface area (Å²) in [5.74, 6) is 0.510. The first kappa shape index (κ1) is 18.2. The van der Waals surface area contributed by atoms with Crippen molar-refractivity contribution < 1.29 is 29.2 Å². The number of hydrogen-bond donors (Lipinski definition) is 3. The molecule has 7 heteroatoms. The van der Waals surface area contributed by atoms with Crippen LogP contribution in [0.5, 0.6) is 5.75 Å². The molecule has 1 atom stereocenters. The van der Waals surface area contributed by atoms with Crippen molar-refractivity contribution in [1.82, 2.24) is 0 Å². The lowest BCUT2D eigenvalue weighted by Gasteiger charge is -2.23. The van der Waals surface area contributed by atoms with Gasteiger partial charge in [-0.3, -0.25) is 0 Å². The molecule has 120 valence electrons. The molecule has 0 aliphatic heterocycles. The lowest BCUT2D eigenvalue weighted by Crippen LogP contribution is -2.35. The Labute approximate surface area is 130 Å². The topological polar surface area (TPSA) is 77.4 Å². The van der Waals surface area contributed by atoms with Gasteiger partial charge in [0.2, 0.25) is 0 Å². The molecule has 0 aliphatic rings. The zero-order valence-electron chi connectivity index (χ0n) is 11.8. The number of rotatable bonds is 12. The van der Waals surface area contributed by atoms with E-state index in [2.05, 4.69) is 12.6 Å². The van der Waals surface area contributed by atoms with Crippen molar-refractivity contribution in [2.24, 2.45) is 0 Å². The van der Waals surface area contributed by atoms with Gasteiger partial charge in [-0.15, -0.1) is 0 Å². The molecule has 21 heavy (non-hydrogen) atoms. The van der Waals surface area contributed by atoms with E-state index in [9.17, 15) is 5.11 Å². The van der Waals surface area contributed by atoms with Crippen LogP contribution in [0.1, 0.15) is 0 Å². The monoisotopic (exact) mass is 318 g/mol. The maximum atomic E-state index is 9.90. The molecule has 0 radical (unpaired) electrons. The first-order valence-corrected chi connectivity index (χ1v) is 7.12. The molecule has 1 aromatic carbocycles. The van der Waals surface area contributed by atoms with Gasteiger partial charge in [0.25, 0.3) is 5.12 Å². The van der Waals surface area contributed by atoms with E-state index in [1.807, 2.05) is 6.07 Å². The average molecular weight is 318 g/mol. The summed E-state index contributed by atoms with van der Waals surface area (Å²) in [5, 5.41) is 16.7. The number of thiol groups is 1. The molecule has 0 aromatic heterocycles. The SMILES string of the molecule is OCCOCCOCCOCC(O)(S)Oc1ccccc1. The highest BCUT2D eigenvalue weighted by Crippen LogP contribution is 2.19. The Hall–Kier alpha value is -0.830. The van der Waals surface area contributed by atoms with Crippen LogP contribution in [0.3, 0.4) is 0 Å². The molecule has 1 unspecified atom stereocenters. The van der Waals surface area contributed by atoms with Crippen molar-refractivity contribution in [3.8, 4) is 5.75 Å². The number of benzene rings is 1. The maximum absolute atomic E-state index is 9.90. The second-order valence-electron chi connectivity index (χ2n) is 4.16. The minimum atomic E-state index is -1.69. The second-order valence-corrected chi connectivity index (χ2v) is 4.86. The first-order chi connectivity index (χ1) is 10.1. The van der Waals surface area contributed by atoms with Crippen LogP contribution < -0.4 is 4.74 Å². The molecule has 1 aromatic rings. The van der Waals surface area contributed by atoms with Crippen LogP contribution in [-0.4, -0.2) is 61.6 Å². The fourth-order valence-corrected chi connectivity index (χ4v) is 1.61. The summed E-state index contributed by atoms with van der Waals surface area (Å²) >= 11 is 4.00. The van der Waals surface area contributed by atoms with E-state index < -0.39 is 5.12 Å². The number of hydrogen-bond acceptors (Lipinski definition) is 7. The Bertz CT molecular complexity index is 360. The van der Waals surface area contributed by atoms with Gasteiger partial charge in [0, 0.05) is 0 Å². The minimum Gasteiger partial charge on any atom is -0.451 e. The third-order valence-electron chi connectivity index (χ3n) is 2.29. The number of ether oxygens (including phenoxy) is 4. The third-order valence-corrected chi connectivity index (χ3v) is 2.51. The predicted molar refractivity (Wildman–Crippen MR) is 80.5 cm³/mol. The van der Waals surface area contributed by atoms with Gasteiger partial charge >= 0.3 is 0 Å². The Kier molecular flexibility index (Phi) is 9.40. The summed E-state index contributed by atoms with van der Waals surface area (Å²) in [6.07, 6.45) is 0. The van der Waals surface area contributed by atoms with Gasteiger partial charge in [0.15, 0.2) is 0 Å². The molecule has 0 saturated carbocycles. The molecule has 0 spiro atoms. The van der Waals surface area contributed by atoms with E-state index in [1.165, 1.54) is 0 Å². The first-order valence-electron chi connectivity index (χ1n) is 6.67. The highest BCUT2D eigenvalue weighted by atomic mass is 32.1. The summed E-state index contributed by atoms with van der Waals surface area (Å²) < 4.78 is 20.8. The lowest BCUT2D eigenvalue weighted by molar-refractivity contribution is -0.111. The maximum Gasteiger partial charge on any atom is 0.278 e. The Morgan fingerprint density at radius 1 is 0.905 bits per heavy atom. The number of aliphatic hydroxyl groups is 2. The fourth-order valence-electron chi connectivity index (χ4n) is 1.42. The van der Waals surface area contributed by atoms with Crippen molar-refractivity contribution in [1.29, 1.82) is 0 Å². The third kappa shape index (κ3) is 9.67. The largest absolute Gasteiger partial charge is 0.451 e. The van der Waals surface area contributed by atoms with E-state index in [4.69, 9.17) is 24.1 Å². The molecule has 6 nitrogen and oxygen atoms in total. The van der Waals surface area contributed by atoms with Gasteiger partial charge in [-0.05, 0) is 12.1 Å². The summed E-state index contributed by atoms with van der Waals surface area (Å²) in [6.45, 7) is 1.76. The average Bonchev–Trinajstić information content (AvgIpc) is 2.46. The van der Waals surface area contributed by atoms with Crippen LogP contribution in [0.4, 0.5) is 0 Å². The standard InChI is InChI=1S/C14H22O6S/c15-6-7-17-8-9-18-10-11-19-12-14(16,21)20-13-4-2-1-3-5-13/h1-5,15-16,21H,6-12H2. The van der Waals surface area contributed by atoms with E-state index in [1.54, 1.807) is 24.3 Å². The van der Waals surface area contributed by atoms with Crippen LogP contribution in [0.15, 0.2) is 30.3 Å². The number of aliphatic hydroxyl groups excluding tert-OH is 1. The molecule has 1 rings (SSSR count). The molecular formula is C14H22O6S. The molecule has 0 fully saturated rings. The van der Waals surface area contributed by atoms with Crippen LogP contribution >= 0.6 is 12.6 Å². The molecule has 2 N–H and O–H groups in total. The summed E-state index contributed by atoms with van der Waals surface area (Å²) in [5.41, 5.74) is 0. The fraction of sp³-hybridized carbons (Fsp3) is 0.571. The van der Waals surface area contributed by atoms with E-state index in [0.717, 1.165) is 0 Å². The van der Waals surface area contributed by atoms with E-state index >= 15 is 0 Å². The lowest BCUT2D eigenvalue weighted by atomic mass is 10.3. The van der Waals surface area contributed by atoms with Crippen molar-refractivity contribution in [2.75, 3.05) is 46.2 Å². The summed E-state index contributed by atoms with van der Waals surface area (Å²) in [6, 6.07) is 8.88. The quantitative estimate of drug-likeness (QED) is 0.299. The van der Waals surface area contributed by atoms with Gasteiger partial charge < -0.3 is 29.2 Å². The Balaban J connectivity index is 2.03. The normalized spacial score (nSPS) is 13.9. The van der Waals surface area contributed by atoms with Crippen LogP contribution in [0.2, 0.25) is 0 Å². The van der Waals surface area contributed by atoms with Crippen molar-refractivity contribution >= 4 is 12.6 Å². The van der Waals surface area contributed by atoms with Crippen molar-refractivity contribution in [2.45, 2.75) is 5.12 Å². The summed E-state index contributed by atoms with van der Waals surface area (Å²) in [7, 11) is 0. The zero-order chi connectivity index (χ0) is 15.4. The molecule has 0 saturated heterocycles. The highest BCUT2D eigenvalue weighted by Gasteiger charge is 2.24. The highest BCUT2D eigenvalue weighted by molar-refractivity contribution is 7.81. The molecule has 0 aliphatic carbocycles. The van der Waals surface area contributed by atoms with Gasteiger partial charge in [-0.1, -0.05) is 30.8 Å². The van der Waals surface area contributed by atoms with Crippen LogP contribution in [-0.2, 0) is 14.2 Å². The summed E-state index contributed by atoms with van der Waals surface area (Å²) in [4.78, 5) is 0. The van der Waals surface area contributed by atoms with Gasteiger partial charge in [0.05, 0.1) is 39.6 Å². The van der Waals surface area contributed by atoms with Crippen LogP contribution in [0, 0.1) is 0 Å². The van der Waals surface area contributed by atoms with E-state index in [0.29, 0.717) is 38.8 Å². The smallest absolute Gasteiger partial charge is 0.278 e. The Morgan fingerprint density at radius 3 is 2.10 bits per heavy atom. The van der Waals surface area contributed by atoms with Crippen molar-refractivity contribution in [3.63, 3.8) is 0 Å². The molecular weight excluding hydrogens is 296 g/mol. The predicted octanol–water partition coefficient (Wildman–Crippen LogP) is 0.683. The second kappa shape index (κ2) is 10.8.